The highest BCUT2D eigenvalue weighted by molar-refractivity contribution is 5.91. The van der Waals surface area contributed by atoms with Crippen LogP contribution in [-0.2, 0) is 10.2 Å². The molecular weight excluding hydrogens is 354 g/mol. The van der Waals surface area contributed by atoms with Gasteiger partial charge in [0.1, 0.15) is 0 Å². The molecule has 0 aliphatic carbocycles. The lowest BCUT2D eigenvalue weighted by Crippen LogP contribution is -2.50. The Kier molecular flexibility index (Phi) is 6.07. The third-order valence-electron chi connectivity index (χ3n) is 5.04. The molecule has 1 aliphatic heterocycles. The number of amides is 2. The van der Waals surface area contributed by atoms with Gasteiger partial charge in [0.15, 0.2) is 5.76 Å². The summed E-state index contributed by atoms with van der Waals surface area (Å²) in [6.07, 6.45) is 1.93. The molecule has 0 spiro atoms. The van der Waals surface area contributed by atoms with Gasteiger partial charge in [-0.05, 0) is 29.2 Å². The van der Waals surface area contributed by atoms with Crippen molar-refractivity contribution in [2.75, 3.05) is 38.0 Å². The van der Waals surface area contributed by atoms with Crippen molar-refractivity contribution in [2.24, 2.45) is 0 Å². The molecule has 0 unspecified atom stereocenters. The summed E-state index contributed by atoms with van der Waals surface area (Å²) in [7, 11) is 0. The van der Waals surface area contributed by atoms with Gasteiger partial charge in [0.25, 0.3) is 5.91 Å². The minimum Gasteiger partial charge on any atom is -0.459 e. The van der Waals surface area contributed by atoms with Crippen LogP contribution >= 0.6 is 0 Å². The molecule has 6 heteroatoms. The summed E-state index contributed by atoms with van der Waals surface area (Å²) >= 11 is 0. The van der Waals surface area contributed by atoms with Gasteiger partial charge in [-0.25, -0.2) is 0 Å². The van der Waals surface area contributed by atoms with Crippen LogP contribution in [0.2, 0.25) is 0 Å². The van der Waals surface area contributed by atoms with E-state index >= 15 is 0 Å². The fourth-order valence-electron chi connectivity index (χ4n) is 3.47. The summed E-state index contributed by atoms with van der Waals surface area (Å²) in [6.45, 7) is 9.33. The maximum atomic E-state index is 12.5. The molecule has 1 fully saturated rings. The van der Waals surface area contributed by atoms with Crippen molar-refractivity contribution >= 4 is 17.5 Å². The van der Waals surface area contributed by atoms with Crippen LogP contribution in [-0.4, -0.2) is 54.3 Å². The molecule has 0 saturated carbocycles. The second-order valence-electron chi connectivity index (χ2n) is 8.12. The molecular formula is C22H29N3O3. The third-order valence-corrected chi connectivity index (χ3v) is 5.04. The molecule has 2 heterocycles. The molecule has 150 valence electrons. The number of nitrogens with one attached hydrogen (secondary N) is 1. The van der Waals surface area contributed by atoms with Gasteiger partial charge in [-0.15, -0.1) is 0 Å². The third kappa shape index (κ3) is 4.74. The van der Waals surface area contributed by atoms with E-state index < -0.39 is 0 Å². The summed E-state index contributed by atoms with van der Waals surface area (Å²) in [5, 5.41) is 3.41. The zero-order valence-corrected chi connectivity index (χ0v) is 16.9. The Labute approximate surface area is 166 Å². The number of anilines is 1. The molecule has 6 nitrogen and oxygen atoms in total. The van der Waals surface area contributed by atoms with Crippen molar-refractivity contribution < 1.29 is 14.0 Å². The van der Waals surface area contributed by atoms with Crippen LogP contribution in [0.25, 0.3) is 0 Å². The van der Waals surface area contributed by atoms with Crippen molar-refractivity contribution in [1.82, 2.24) is 9.80 Å². The number of carbonyl (C=O) groups is 2. The average Bonchev–Trinajstić information content (AvgIpc) is 3.22. The van der Waals surface area contributed by atoms with Crippen LogP contribution in [0.5, 0.6) is 0 Å². The molecule has 1 aromatic heterocycles. The number of para-hydroxylation sites is 1. The Morgan fingerprint density at radius 1 is 1.00 bits per heavy atom. The van der Waals surface area contributed by atoms with Crippen molar-refractivity contribution in [3.05, 3.63) is 54.0 Å². The van der Waals surface area contributed by atoms with E-state index in [4.69, 9.17) is 4.42 Å². The van der Waals surface area contributed by atoms with Crippen LogP contribution in [0.3, 0.4) is 0 Å². The minimum atomic E-state index is -0.113. The SMILES string of the molecule is CC(C)(C)c1ccccc1NCCC(=O)N1CCN(C(=O)c2ccco2)CC1. The van der Waals surface area contributed by atoms with Gasteiger partial charge in [-0.1, -0.05) is 39.0 Å². The summed E-state index contributed by atoms with van der Waals surface area (Å²) in [6, 6.07) is 11.6. The summed E-state index contributed by atoms with van der Waals surface area (Å²) in [4.78, 5) is 28.4. The molecule has 2 amide bonds. The van der Waals surface area contributed by atoms with E-state index in [9.17, 15) is 9.59 Å². The van der Waals surface area contributed by atoms with Crippen molar-refractivity contribution in [2.45, 2.75) is 32.6 Å². The van der Waals surface area contributed by atoms with E-state index in [0.717, 1.165) is 5.69 Å². The predicted octanol–water partition coefficient (Wildman–Crippen LogP) is 3.36. The molecule has 0 radical (unpaired) electrons. The summed E-state index contributed by atoms with van der Waals surface area (Å²) in [5.74, 6) is 0.352. The number of nitrogens with zero attached hydrogens (tertiary/aromatic N) is 2. The first-order chi connectivity index (χ1) is 13.4. The number of rotatable bonds is 5. The fourth-order valence-corrected chi connectivity index (χ4v) is 3.47. The van der Waals surface area contributed by atoms with E-state index in [-0.39, 0.29) is 17.2 Å². The molecule has 1 N–H and O–H groups in total. The minimum absolute atomic E-state index is 0.0461. The maximum absolute atomic E-state index is 12.5. The van der Waals surface area contributed by atoms with Gasteiger partial charge in [-0.3, -0.25) is 9.59 Å². The molecule has 3 rings (SSSR count). The predicted molar refractivity (Wildman–Crippen MR) is 109 cm³/mol. The zero-order chi connectivity index (χ0) is 20.1. The molecule has 2 aromatic rings. The Morgan fingerprint density at radius 3 is 2.32 bits per heavy atom. The smallest absolute Gasteiger partial charge is 0.289 e. The van der Waals surface area contributed by atoms with Gasteiger partial charge in [0.05, 0.1) is 6.26 Å². The van der Waals surface area contributed by atoms with Crippen LogP contribution in [0.1, 0.15) is 43.3 Å². The van der Waals surface area contributed by atoms with Gasteiger partial charge in [0.2, 0.25) is 5.91 Å². The molecule has 1 aliphatic rings. The molecule has 1 aromatic carbocycles. The number of benzene rings is 1. The van der Waals surface area contributed by atoms with Gasteiger partial charge >= 0.3 is 0 Å². The van der Waals surface area contributed by atoms with E-state index in [1.165, 1.54) is 11.8 Å². The number of carbonyl (C=O) groups excluding carboxylic acids is 2. The quantitative estimate of drug-likeness (QED) is 0.860. The van der Waals surface area contributed by atoms with Gasteiger partial charge < -0.3 is 19.5 Å². The first-order valence-electron chi connectivity index (χ1n) is 9.80. The summed E-state index contributed by atoms with van der Waals surface area (Å²) < 4.78 is 5.17. The van der Waals surface area contributed by atoms with Crippen LogP contribution in [0.4, 0.5) is 5.69 Å². The maximum Gasteiger partial charge on any atom is 0.289 e. The first kappa shape index (κ1) is 20.0. The van der Waals surface area contributed by atoms with Crippen LogP contribution in [0.15, 0.2) is 47.1 Å². The van der Waals surface area contributed by atoms with Crippen molar-refractivity contribution in [3.63, 3.8) is 0 Å². The standard InChI is InChI=1S/C22H29N3O3/c1-22(2,3)17-7-4-5-8-18(17)23-11-10-20(26)24-12-14-25(15-13-24)21(27)19-9-6-16-28-19/h4-9,16,23H,10-15H2,1-3H3. The highest BCUT2D eigenvalue weighted by Crippen LogP contribution is 2.29. The lowest BCUT2D eigenvalue weighted by atomic mass is 9.86. The van der Waals surface area contributed by atoms with E-state index in [2.05, 4.69) is 38.2 Å². The molecule has 0 bridgehead atoms. The van der Waals surface area contributed by atoms with Crippen LogP contribution in [0, 0.1) is 0 Å². The van der Waals surface area contributed by atoms with E-state index in [1.54, 1.807) is 17.0 Å². The second-order valence-corrected chi connectivity index (χ2v) is 8.12. The zero-order valence-electron chi connectivity index (χ0n) is 16.9. The Morgan fingerprint density at radius 2 is 1.68 bits per heavy atom. The van der Waals surface area contributed by atoms with Gasteiger partial charge in [0, 0.05) is 44.8 Å². The van der Waals surface area contributed by atoms with Crippen molar-refractivity contribution in [1.29, 1.82) is 0 Å². The van der Waals surface area contributed by atoms with Crippen molar-refractivity contribution in [3.8, 4) is 0 Å². The molecule has 1 saturated heterocycles. The van der Waals surface area contributed by atoms with E-state index in [0.29, 0.717) is 44.9 Å². The molecule has 0 atom stereocenters. The Hall–Kier alpha value is -2.76. The van der Waals surface area contributed by atoms with Crippen LogP contribution < -0.4 is 5.32 Å². The number of piperazine rings is 1. The number of hydrogen-bond donors (Lipinski definition) is 1. The second kappa shape index (κ2) is 8.50. The summed E-state index contributed by atoms with van der Waals surface area (Å²) in [5.41, 5.74) is 2.37. The average molecular weight is 383 g/mol. The lowest BCUT2D eigenvalue weighted by molar-refractivity contribution is -0.132. The first-order valence-corrected chi connectivity index (χ1v) is 9.80. The lowest BCUT2D eigenvalue weighted by Gasteiger charge is -2.34. The fraction of sp³-hybridized carbons (Fsp3) is 0.455. The van der Waals surface area contributed by atoms with E-state index in [1.807, 2.05) is 17.0 Å². The van der Waals surface area contributed by atoms with Gasteiger partial charge in [-0.2, -0.15) is 0 Å². The highest BCUT2D eigenvalue weighted by Gasteiger charge is 2.26. The molecule has 28 heavy (non-hydrogen) atoms. The topological polar surface area (TPSA) is 65.8 Å². The Balaban J connectivity index is 1.46. The normalized spacial score (nSPS) is 14.8. The Bertz CT molecular complexity index is 801. The highest BCUT2D eigenvalue weighted by atomic mass is 16.3. The number of furan rings is 1. The monoisotopic (exact) mass is 383 g/mol. The number of hydrogen-bond acceptors (Lipinski definition) is 4. The largest absolute Gasteiger partial charge is 0.459 e.